The number of anilines is 1. The molecule has 2 aliphatic rings. The van der Waals surface area contributed by atoms with Gasteiger partial charge in [-0.3, -0.25) is 4.90 Å². The van der Waals surface area contributed by atoms with Crippen molar-refractivity contribution in [3.63, 3.8) is 0 Å². The summed E-state index contributed by atoms with van der Waals surface area (Å²) in [4.78, 5) is 9.30. The Labute approximate surface area is 145 Å². The lowest BCUT2D eigenvalue weighted by molar-refractivity contribution is -0.138. The number of hydrogen-bond donors (Lipinski definition) is 1. The van der Waals surface area contributed by atoms with Crippen LogP contribution in [0.2, 0.25) is 0 Å². The molecule has 0 spiro atoms. The van der Waals surface area contributed by atoms with Crippen LogP contribution in [0.3, 0.4) is 0 Å². The van der Waals surface area contributed by atoms with E-state index >= 15 is 0 Å². The number of piperazine rings is 1. The highest BCUT2D eigenvalue weighted by Crippen LogP contribution is 2.44. The normalized spacial score (nSPS) is 27.5. The van der Waals surface area contributed by atoms with E-state index in [0.29, 0.717) is 0 Å². The topological polar surface area (TPSA) is 48.8 Å². The highest BCUT2D eigenvalue weighted by molar-refractivity contribution is 5.38. The Kier molecular flexibility index (Phi) is 5.74. The van der Waals surface area contributed by atoms with E-state index < -0.39 is 6.29 Å². The minimum Gasteiger partial charge on any atom is -0.367 e. The third-order valence-corrected chi connectivity index (χ3v) is 6.00. The lowest BCUT2D eigenvalue weighted by Crippen LogP contribution is -2.47. The van der Waals surface area contributed by atoms with E-state index in [9.17, 15) is 5.11 Å². The molecule has 2 unspecified atom stereocenters. The lowest BCUT2D eigenvalue weighted by atomic mass is 9.78. The van der Waals surface area contributed by atoms with Crippen molar-refractivity contribution in [1.82, 2.24) is 9.88 Å². The summed E-state index contributed by atoms with van der Waals surface area (Å²) in [6, 6.07) is 6.09. The molecule has 3 rings (SSSR count). The van der Waals surface area contributed by atoms with Crippen molar-refractivity contribution in [3.05, 3.63) is 24.4 Å². The molecule has 1 aromatic heterocycles. The average molecular weight is 333 g/mol. The molecule has 2 atom stereocenters. The molecule has 5 heteroatoms. The smallest absolute Gasteiger partial charge is 0.160 e. The molecule has 0 bridgehead atoms. The molecule has 0 aromatic carbocycles. The number of rotatable bonds is 6. The lowest BCUT2D eigenvalue weighted by Gasteiger charge is -2.35. The largest absolute Gasteiger partial charge is 0.367 e. The molecular weight excluding hydrogens is 302 g/mol. The van der Waals surface area contributed by atoms with Gasteiger partial charge in [0.25, 0.3) is 0 Å². The molecule has 2 saturated heterocycles. The van der Waals surface area contributed by atoms with Gasteiger partial charge in [0.15, 0.2) is 6.29 Å². The molecular formula is C19H31N3O2. The van der Waals surface area contributed by atoms with Crippen molar-refractivity contribution < 1.29 is 9.84 Å². The maximum Gasteiger partial charge on any atom is 0.160 e. The fraction of sp³-hybridized carbons (Fsp3) is 0.737. The second-order valence-electron chi connectivity index (χ2n) is 7.19. The standard InChI is InChI=1S/C19H31N3O2/c1-3-19(4-2)15-16(24-18(19)23)8-10-21-11-13-22(14-12-21)17-7-5-6-9-20-17/h5-7,9,16,18,23H,3-4,8,10-15H2,1-2H3. The molecule has 0 amide bonds. The quantitative estimate of drug-likeness (QED) is 0.867. The fourth-order valence-electron chi connectivity index (χ4n) is 4.05. The van der Waals surface area contributed by atoms with Crippen LogP contribution in [0.25, 0.3) is 0 Å². The molecule has 1 N–H and O–H groups in total. The van der Waals surface area contributed by atoms with Gasteiger partial charge >= 0.3 is 0 Å². The van der Waals surface area contributed by atoms with Gasteiger partial charge in [-0.1, -0.05) is 19.9 Å². The van der Waals surface area contributed by atoms with Gasteiger partial charge in [-0.15, -0.1) is 0 Å². The van der Waals surface area contributed by atoms with Crippen LogP contribution in [-0.2, 0) is 4.74 Å². The second-order valence-corrected chi connectivity index (χ2v) is 7.19. The molecule has 134 valence electrons. The van der Waals surface area contributed by atoms with Gasteiger partial charge < -0.3 is 14.7 Å². The molecule has 1 aromatic rings. The van der Waals surface area contributed by atoms with Crippen LogP contribution in [-0.4, -0.2) is 60.1 Å². The number of hydrogen-bond acceptors (Lipinski definition) is 5. The maximum atomic E-state index is 10.3. The summed E-state index contributed by atoms with van der Waals surface area (Å²) in [6.07, 6.45) is 5.47. The van der Waals surface area contributed by atoms with Crippen LogP contribution >= 0.6 is 0 Å². The predicted octanol–water partition coefficient (Wildman–Crippen LogP) is 2.51. The summed E-state index contributed by atoms with van der Waals surface area (Å²) in [7, 11) is 0. The van der Waals surface area contributed by atoms with Gasteiger partial charge in [0.2, 0.25) is 0 Å². The molecule has 5 nitrogen and oxygen atoms in total. The molecule has 24 heavy (non-hydrogen) atoms. The Balaban J connectivity index is 1.43. The Hall–Kier alpha value is -1.17. The molecule has 0 saturated carbocycles. The van der Waals surface area contributed by atoms with Crippen LogP contribution in [0.15, 0.2) is 24.4 Å². The van der Waals surface area contributed by atoms with E-state index in [0.717, 1.165) is 64.2 Å². The molecule has 0 radical (unpaired) electrons. The van der Waals surface area contributed by atoms with Crippen LogP contribution < -0.4 is 4.90 Å². The predicted molar refractivity (Wildman–Crippen MR) is 96.0 cm³/mol. The van der Waals surface area contributed by atoms with Crippen molar-refractivity contribution >= 4 is 5.82 Å². The van der Waals surface area contributed by atoms with Gasteiger partial charge in [0.05, 0.1) is 6.10 Å². The number of pyridine rings is 1. The SMILES string of the molecule is CCC1(CC)CC(CCN2CCN(c3ccccn3)CC2)OC1O. The zero-order chi connectivity index (χ0) is 17.0. The number of nitrogens with zero attached hydrogens (tertiary/aromatic N) is 3. The highest BCUT2D eigenvalue weighted by Gasteiger charge is 2.45. The van der Waals surface area contributed by atoms with E-state index in [4.69, 9.17) is 4.74 Å². The van der Waals surface area contributed by atoms with Crippen molar-refractivity contribution in [2.75, 3.05) is 37.6 Å². The second kappa shape index (κ2) is 7.81. The fourth-order valence-corrected chi connectivity index (χ4v) is 4.05. The molecule has 2 aliphatic heterocycles. The van der Waals surface area contributed by atoms with Crippen molar-refractivity contribution in [1.29, 1.82) is 0 Å². The first kappa shape index (κ1) is 17.6. The van der Waals surface area contributed by atoms with Gasteiger partial charge in [-0.05, 0) is 37.8 Å². The average Bonchev–Trinajstić information content (AvgIpc) is 2.97. The van der Waals surface area contributed by atoms with E-state index in [-0.39, 0.29) is 11.5 Å². The van der Waals surface area contributed by atoms with Gasteiger partial charge in [0, 0.05) is 44.3 Å². The Morgan fingerprint density at radius 3 is 2.54 bits per heavy atom. The first-order valence-corrected chi connectivity index (χ1v) is 9.38. The Morgan fingerprint density at radius 2 is 1.96 bits per heavy atom. The maximum absolute atomic E-state index is 10.3. The van der Waals surface area contributed by atoms with E-state index in [1.165, 1.54) is 0 Å². The third-order valence-electron chi connectivity index (χ3n) is 6.00. The minimum absolute atomic E-state index is 0.0255. The first-order valence-electron chi connectivity index (χ1n) is 9.38. The van der Waals surface area contributed by atoms with Crippen LogP contribution in [0.1, 0.15) is 39.5 Å². The molecule has 0 aliphatic carbocycles. The number of ether oxygens (including phenoxy) is 1. The van der Waals surface area contributed by atoms with E-state index in [2.05, 4.69) is 34.7 Å². The summed E-state index contributed by atoms with van der Waals surface area (Å²) in [5.41, 5.74) is -0.0255. The van der Waals surface area contributed by atoms with Crippen molar-refractivity contribution in [3.8, 4) is 0 Å². The monoisotopic (exact) mass is 333 g/mol. The van der Waals surface area contributed by atoms with Crippen LogP contribution in [0.4, 0.5) is 5.82 Å². The first-order chi connectivity index (χ1) is 11.7. The van der Waals surface area contributed by atoms with Crippen molar-refractivity contribution in [2.24, 2.45) is 5.41 Å². The van der Waals surface area contributed by atoms with Crippen LogP contribution in [0, 0.1) is 5.41 Å². The van der Waals surface area contributed by atoms with Gasteiger partial charge in [0.1, 0.15) is 5.82 Å². The molecule has 3 heterocycles. The third kappa shape index (κ3) is 3.73. The Bertz CT molecular complexity index is 499. The molecule has 2 fully saturated rings. The minimum atomic E-state index is -0.585. The summed E-state index contributed by atoms with van der Waals surface area (Å²) >= 11 is 0. The Morgan fingerprint density at radius 1 is 1.21 bits per heavy atom. The van der Waals surface area contributed by atoms with E-state index in [1.807, 2.05) is 18.3 Å². The zero-order valence-electron chi connectivity index (χ0n) is 15.0. The summed E-state index contributed by atoms with van der Waals surface area (Å²) < 4.78 is 5.85. The van der Waals surface area contributed by atoms with Gasteiger partial charge in [-0.2, -0.15) is 0 Å². The number of aliphatic hydroxyl groups is 1. The van der Waals surface area contributed by atoms with E-state index in [1.54, 1.807) is 0 Å². The highest BCUT2D eigenvalue weighted by atomic mass is 16.6. The number of aliphatic hydroxyl groups excluding tert-OH is 1. The summed E-state index contributed by atoms with van der Waals surface area (Å²) in [6.45, 7) is 9.57. The van der Waals surface area contributed by atoms with Crippen LogP contribution in [0.5, 0.6) is 0 Å². The number of aromatic nitrogens is 1. The van der Waals surface area contributed by atoms with Crippen molar-refractivity contribution in [2.45, 2.75) is 51.9 Å². The summed E-state index contributed by atoms with van der Waals surface area (Å²) in [5, 5.41) is 10.3. The van der Waals surface area contributed by atoms with Gasteiger partial charge in [-0.25, -0.2) is 4.98 Å². The summed E-state index contributed by atoms with van der Waals surface area (Å²) in [5.74, 6) is 1.08. The zero-order valence-corrected chi connectivity index (χ0v) is 15.0.